The van der Waals surface area contributed by atoms with Crippen LogP contribution in [-0.4, -0.2) is 73.7 Å². The monoisotopic (exact) mass is 626 g/mol. The summed E-state index contributed by atoms with van der Waals surface area (Å²) in [6.45, 7) is 14.4. The summed E-state index contributed by atoms with van der Waals surface area (Å²) in [6, 6.07) is 15.2. The number of urea groups is 1. The van der Waals surface area contributed by atoms with Crippen LogP contribution in [0.3, 0.4) is 0 Å². The van der Waals surface area contributed by atoms with E-state index >= 15 is 0 Å². The highest BCUT2D eigenvalue weighted by Crippen LogP contribution is 2.39. The number of carbonyl (C=O) groups is 1. The van der Waals surface area contributed by atoms with Crippen molar-refractivity contribution in [1.82, 2.24) is 34.7 Å². The summed E-state index contributed by atoms with van der Waals surface area (Å²) in [7, 11) is 2.16. The number of ether oxygens (including phenoxy) is 1. The van der Waals surface area contributed by atoms with Crippen molar-refractivity contribution in [3.63, 3.8) is 0 Å². The van der Waals surface area contributed by atoms with Gasteiger partial charge in [-0.3, -0.25) is 14.3 Å². The summed E-state index contributed by atoms with van der Waals surface area (Å²) < 4.78 is 8.71. The predicted octanol–water partition coefficient (Wildman–Crippen LogP) is 5.17. The zero-order valence-corrected chi connectivity index (χ0v) is 27.7. The first-order chi connectivity index (χ1) is 21.9. The second kappa shape index (κ2) is 12.6. The van der Waals surface area contributed by atoms with Crippen molar-refractivity contribution in [3.05, 3.63) is 83.1 Å². The van der Waals surface area contributed by atoms with E-state index in [1.807, 2.05) is 36.5 Å². The molecule has 1 saturated heterocycles. The number of likely N-dealkylation sites (N-methyl/N-ethyl adjacent to an activating group) is 1. The van der Waals surface area contributed by atoms with Gasteiger partial charge in [-0.25, -0.2) is 4.79 Å². The van der Waals surface area contributed by atoms with Crippen LogP contribution in [0.2, 0.25) is 0 Å². The molecule has 11 nitrogen and oxygen atoms in total. The zero-order chi connectivity index (χ0) is 32.6. The Morgan fingerprint density at radius 3 is 2.43 bits per heavy atom. The van der Waals surface area contributed by atoms with Crippen LogP contribution in [-0.2, 0) is 17.6 Å². The summed E-state index contributed by atoms with van der Waals surface area (Å²) in [4.78, 5) is 22.6. The molecule has 0 bridgehead atoms. The summed E-state index contributed by atoms with van der Waals surface area (Å²) in [5, 5.41) is 24.9. The molecule has 4 aromatic rings. The van der Waals surface area contributed by atoms with E-state index < -0.39 is 0 Å². The minimum Gasteiger partial charge on any atom is -0.484 e. The van der Waals surface area contributed by atoms with Gasteiger partial charge in [0, 0.05) is 43.0 Å². The Balaban J connectivity index is 1.18. The molecule has 6 rings (SSSR count). The lowest BCUT2D eigenvalue weighted by molar-refractivity contribution is 0.0544. The number of nitrogens with zero attached hydrogens (tertiary/aromatic N) is 6. The number of aromatic nitrogens is 4. The van der Waals surface area contributed by atoms with Crippen LogP contribution >= 0.6 is 0 Å². The first-order valence-electron chi connectivity index (χ1n) is 16.2. The van der Waals surface area contributed by atoms with E-state index in [1.165, 1.54) is 0 Å². The number of rotatable bonds is 7. The highest BCUT2D eigenvalue weighted by Gasteiger charge is 2.35. The second-order valence-electron chi connectivity index (χ2n) is 14.1. The summed E-state index contributed by atoms with van der Waals surface area (Å²) in [6.07, 6.45) is 3.29. The van der Waals surface area contributed by atoms with Gasteiger partial charge >= 0.3 is 6.03 Å². The Bertz CT molecular complexity index is 1700. The number of fused-ring (bicyclic) bond motifs is 2. The average Bonchev–Trinajstić information content (AvgIpc) is 3.46. The lowest BCUT2D eigenvalue weighted by Crippen LogP contribution is -2.52. The van der Waals surface area contributed by atoms with Gasteiger partial charge in [-0.2, -0.15) is 0 Å². The van der Waals surface area contributed by atoms with E-state index in [9.17, 15) is 9.90 Å². The first kappa shape index (κ1) is 31.9. The Morgan fingerprint density at radius 1 is 0.978 bits per heavy atom. The molecule has 46 heavy (non-hydrogen) atoms. The molecule has 1 aromatic carbocycles. The molecule has 2 aliphatic rings. The Kier molecular flexibility index (Phi) is 8.75. The smallest absolute Gasteiger partial charge is 0.319 e. The largest absolute Gasteiger partial charge is 0.484 e. The van der Waals surface area contributed by atoms with Crippen molar-refractivity contribution in [2.75, 3.05) is 38.5 Å². The maximum atomic E-state index is 13.2. The van der Waals surface area contributed by atoms with Crippen LogP contribution < -0.4 is 15.4 Å². The van der Waals surface area contributed by atoms with Crippen molar-refractivity contribution in [2.45, 2.75) is 77.2 Å². The topological polar surface area (TPSA) is 120 Å². The van der Waals surface area contributed by atoms with Crippen molar-refractivity contribution in [1.29, 1.82) is 0 Å². The molecule has 0 radical (unpaired) electrons. The number of hydrogen-bond acceptors (Lipinski definition) is 8. The normalized spacial score (nSPS) is 19.5. The van der Waals surface area contributed by atoms with Crippen molar-refractivity contribution in [3.8, 4) is 5.75 Å². The van der Waals surface area contributed by atoms with Crippen LogP contribution in [0.15, 0.2) is 54.7 Å². The molecular formula is C35H46N8O3. The highest BCUT2D eigenvalue weighted by atomic mass is 16.5. The van der Waals surface area contributed by atoms with Gasteiger partial charge in [0.2, 0.25) is 0 Å². The fraction of sp³-hybridized carbons (Fsp3) is 0.486. The van der Waals surface area contributed by atoms with Crippen molar-refractivity contribution >= 4 is 17.4 Å². The molecule has 4 heterocycles. The summed E-state index contributed by atoms with van der Waals surface area (Å²) in [5.41, 5.74) is 4.30. The first-order valence-corrected chi connectivity index (χ1v) is 16.2. The quantitative estimate of drug-likeness (QED) is 0.257. The number of carbonyl (C=O) groups excluding carboxylic acids is 1. The molecule has 0 saturated carbocycles. The standard InChI is InChI=1S/C35H46N8O3/c1-34(2,3)30-20-23(19-24(22-44)36-30)37-33(45)38-28-12-13-29(27-10-8-7-9-26(27)28)46-25-11-14-31-39-40-32(43(31)21-25)35(4,5)42-17-15-41(6)16-18-42/h7-11,14,19-21,28-29,44H,12-13,15-18,22H2,1-6H3,(H2,36,37,38,45)/t28-,29+/m0/s1. The third-order valence-corrected chi connectivity index (χ3v) is 9.30. The van der Waals surface area contributed by atoms with Crippen LogP contribution in [0.5, 0.6) is 5.75 Å². The van der Waals surface area contributed by atoms with E-state index in [-0.39, 0.29) is 35.7 Å². The lowest BCUT2D eigenvalue weighted by atomic mass is 9.85. The fourth-order valence-electron chi connectivity index (χ4n) is 6.50. The van der Waals surface area contributed by atoms with E-state index in [2.05, 4.69) is 93.8 Å². The Labute approximate surface area is 271 Å². The molecule has 3 aromatic heterocycles. The van der Waals surface area contributed by atoms with Crippen LogP contribution in [0.25, 0.3) is 5.65 Å². The second-order valence-corrected chi connectivity index (χ2v) is 14.1. The van der Waals surface area contributed by atoms with Gasteiger partial charge in [0.1, 0.15) is 11.9 Å². The zero-order valence-electron chi connectivity index (χ0n) is 27.7. The number of aliphatic hydroxyl groups excluding tert-OH is 1. The van der Waals surface area contributed by atoms with E-state index in [1.54, 1.807) is 6.07 Å². The third kappa shape index (κ3) is 6.58. The number of pyridine rings is 2. The SMILES string of the molecule is CN1CCN(C(C)(C)c2nnc3ccc(O[C@@H]4CC[C@H](NC(=O)Nc5cc(CO)nc(C(C)(C)C)c5)c5ccccc54)cn23)CC1. The number of amides is 2. The van der Waals surface area contributed by atoms with Crippen molar-refractivity contribution in [2.24, 2.45) is 0 Å². The van der Waals surface area contributed by atoms with Crippen LogP contribution in [0.1, 0.15) is 87.9 Å². The number of hydrogen-bond donors (Lipinski definition) is 3. The number of aliphatic hydroxyl groups is 1. The summed E-state index contributed by atoms with van der Waals surface area (Å²) in [5.74, 6) is 1.64. The molecular weight excluding hydrogens is 580 g/mol. The molecule has 0 spiro atoms. The van der Waals surface area contributed by atoms with Gasteiger partial charge < -0.3 is 25.4 Å². The van der Waals surface area contributed by atoms with Gasteiger partial charge in [0.15, 0.2) is 11.5 Å². The molecule has 2 atom stereocenters. The molecule has 1 aliphatic heterocycles. The predicted molar refractivity (Wildman–Crippen MR) is 178 cm³/mol. The number of anilines is 1. The van der Waals surface area contributed by atoms with Crippen LogP contribution in [0, 0.1) is 0 Å². The third-order valence-electron chi connectivity index (χ3n) is 9.30. The lowest BCUT2D eigenvalue weighted by Gasteiger charge is -2.42. The minimum atomic E-state index is -0.303. The van der Waals surface area contributed by atoms with E-state index in [0.29, 0.717) is 11.4 Å². The maximum absolute atomic E-state index is 13.2. The molecule has 244 valence electrons. The average molecular weight is 627 g/mol. The summed E-state index contributed by atoms with van der Waals surface area (Å²) >= 11 is 0. The molecule has 2 amide bonds. The number of nitrogens with one attached hydrogen (secondary N) is 2. The van der Waals surface area contributed by atoms with E-state index in [0.717, 1.165) is 73.1 Å². The van der Waals surface area contributed by atoms with Gasteiger partial charge in [-0.1, -0.05) is 45.0 Å². The van der Waals surface area contributed by atoms with E-state index in [4.69, 9.17) is 4.74 Å². The molecule has 11 heteroatoms. The Hall–Kier alpha value is -4.06. The molecule has 1 aliphatic carbocycles. The van der Waals surface area contributed by atoms with Gasteiger partial charge in [0.05, 0.1) is 30.1 Å². The molecule has 0 unspecified atom stereocenters. The van der Waals surface area contributed by atoms with Gasteiger partial charge in [0.25, 0.3) is 0 Å². The van der Waals surface area contributed by atoms with Crippen molar-refractivity contribution < 1.29 is 14.6 Å². The molecule has 3 N–H and O–H groups in total. The fourth-order valence-corrected chi connectivity index (χ4v) is 6.50. The van der Waals surface area contributed by atoms with Crippen LogP contribution in [0.4, 0.5) is 10.5 Å². The number of piperazine rings is 1. The van der Waals surface area contributed by atoms with Gasteiger partial charge in [-0.15, -0.1) is 10.2 Å². The minimum absolute atomic E-state index is 0.165. The number of benzene rings is 1. The molecule has 1 fully saturated rings. The highest BCUT2D eigenvalue weighted by molar-refractivity contribution is 5.89. The Morgan fingerprint density at radius 2 is 1.72 bits per heavy atom. The van der Waals surface area contributed by atoms with Gasteiger partial charge in [-0.05, 0) is 69.1 Å². The maximum Gasteiger partial charge on any atom is 0.319 e.